The number of likely N-dealkylation sites (tertiary alicyclic amines) is 1. The van der Waals surface area contributed by atoms with E-state index in [-0.39, 0.29) is 17.7 Å². The summed E-state index contributed by atoms with van der Waals surface area (Å²) in [5.74, 6) is 0.528. The Balaban J connectivity index is 1.71. The van der Waals surface area contributed by atoms with Crippen LogP contribution in [0, 0.1) is 0 Å². The highest BCUT2D eigenvalue weighted by Crippen LogP contribution is 2.20. The minimum atomic E-state index is -0.503. The van der Waals surface area contributed by atoms with Gasteiger partial charge >= 0.3 is 6.09 Å². The number of pyridine rings is 1. The standard InChI is InChI=1S/C21H29N5O3/c1-21(2,3)29-20(28)26-12-5-6-16(9-13-26)23-19-24-17(14-18(27)25(19)4)15-7-10-22-11-8-15/h7-8,10-11,14,16H,5-6,9,12-13H2,1-4H3,(H,23,24). The highest BCUT2D eigenvalue weighted by atomic mass is 16.6. The molecule has 1 saturated heterocycles. The second-order valence-corrected chi connectivity index (χ2v) is 8.34. The van der Waals surface area contributed by atoms with Gasteiger partial charge in [0, 0.05) is 50.2 Å². The van der Waals surface area contributed by atoms with E-state index in [1.165, 1.54) is 10.6 Å². The smallest absolute Gasteiger partial charge is 0.410 e. The monoisotopic (exact) mass is 399 g/mol. The van der Waals surface area contributed by atoms with E-state index in [1.54, 1.807) is 24.3 Å². The van der Waals surface area contributed by atoms with E-state index in [4.69, 9.17) is 4.74 Å². The summed E-state index contributed by atoms with van der Waals surface area (Å²) in [5.41, 5.74) is 0.828. The van der Waals surface area contributed by atoms with Crippen molar-refractivity contribution in [1.82, 2.24) is 19.4 Å². The third-order valence-corrected chi connectivity index (χ3v) is 4.82. The van der Waals surface area contributed by atoms with Gasteiger partial charge in [-0.25, -0.2) is 9.78 Å². The van der Waals surface area contributed by atoms with Crippen LogP contribution in [0.3, 0.4) is 0 Å². The highest BCUT2D eigenvalue weighted by Gasteiger charge is 2.25. The van der Waals surface area contributed by atoms with Crippen LogP contribution in [0.25, 0.3) is 11.3 Å². The fourth-order valence-corrected chi connectivity index (χ4v) is 3.27. The van der Waals surface area contributed by atoms with E-state index in [9.17, 15) is 9.59 Å². The summed E-state index contributed by atoms with van der Waals surface area (Å²) >= 11 is 0. The van der Waals surface area contributed by atoms with Crippen molar-refractivity contribution < 1.29 is 9.53 Å². The van der Waals surface area contributed by atoms with Gasteiger partial charge in [0.2, 0.25) is 5.95 Å². The maximum atomic E-state index is 12.4. The predicted octanol–water partition coefficient (Wildman–Crippen LogP) is 3.04. The number of hydrogen-bond donors (Lipinski definition) is 1. The van der Waals surface area contributed by atoms with Crippen LogP contribution in [0.4, 0.5) is 10.7 Å². The molecule has 8 heteroatoms. The number of nitrogens with zero attached hydrogens (tertiary/aromatic N) is 4. The second-order valence-electron chi connectivity index (χ2n) is 8.34. The van der Waals surface area contributed by atoms with Gasteiger partial charge < -0.3 is 15.0 Å². The molecule has 156 valence electrons. The summed E-state index contributed by atoms with van der Waals surface area (Å²) in [6.45, 7) is 6.88. The molecule has 1 amide bonds. The lowest BCUT2D eigenvalue weighted by Gasteiger charge is -2.26. The van der Waals surface area contributed by atoms with Gasteiger partial charge in [0.15, 0.2) is 0 Å². The van der Waals surface area contributed by atoms with Crippen LogP contribution in [-0.2, 0) is 11.8 Å². The zero-order valence-corrected chi connectivity index (χ0v) is 17.5. The topological polar surface area (TPSA) is 89.3 Å². The van der Waals surface area contributed by atoms with Gasteiger partial charge in [-0.2, -0.15) is 0 Å². The van der Waals surface area contributed by atoms with Gasteiger partial charge in [0.1, 0.15) is 5.60 Å². The number of amides is 1. The largest absolute Gasteiger partial charge is 0.444 e. The van der Waals surface area contributed by atoms with Crippen LogP contribution in [0.2, 0.25) is 0 Å². The molecule has 0 aromatic carbocycles. The quantitative estimate of drug-likeness (QED) is 0.853. The number of ether oxygens (including phenoxy) is 1. The summed E-state index contributed by atoms with van der Waals surface area (Å²) in [6, 6.07) is 5.30. The average molecular weight is 399 g/mol. The molecule has 1 aliphatic rings. The molecule has 8 nitrogen and oxygen atoms in total. The Kier molecular flexibility index (Phi) is 6.20. The number of rotatable bonds is 3. The second kappa shape index (κ2) is 8.63. The molecule has 0 spiro atoms. The van der Waals surface area contributed by atoms with Gasteiger partial charge in [-0.3, -0.25) is 14.3 Å². The lowest BCUT2D eigenvalue weighted by molar-refractivity contribution is 0.0256. The molecule has 1 aliphatic heterocycles. The van der Waals surface area contributed by atoms with Crippen molar-refractivity contribution >= 4 is 12.0 Å². The fourth-order valence-electron chi connectivity index (χ4n) is 3.27. The molecule has 2 aromatic heterocycles. The minimum Gasteiger partial charge on any atom is -0.444 e. The highest BCUT2D eigenvalue weighted by molar-refractivity contribution is 5.68. The molecule has 1 N–H and O–H groups in total. The zero-order chi connectivity index (χ0) is 21.0. The Labute approximate surface area is 170 Å². The van der Waals surface area contributed by atoms with E-state index in [1.807, 2.05) is 32.9 Å². The molecular formula is C21H29N5O3. The number of anilines is 1. The Bertz CT molecular complexity index is 905. The SMILES string of the molecule is Cn1c(NC2CCCN(C(=O)OC(C)(C)C)CC2)nc(-c2ccncc2)cc1=O. The van der Waals surface area contributed by atoms with Crippen LogP contribution in [0.1, 0.15) is 40.0 Å². The van der Waals surface area contributed by atoms with E-state index < -0.39 is 5.60 Å². The van der Waals surface area contributed by atoms with Crippen molar-refractivity contribution in [3.05, 3.63) is 40.9 Å². The van der Waals surface area contributed by atoms with Gasteiger partial charge in [0.25, 0.3) is 5.56 Å². The van der Waals surface area contributed by atoms with Crippen LogP contribution in [-0.4, -0.2) is 50.3 Å². The van der Waals surface area contributed by atoms with Crippen molar-refractivity contribution in [3.8, 4) is 11.3 Å². The zero-order valence-electron chi connectivity index (χ0n) is 17.5. The summed E-state index contributed by atoms with van der Waals surface area (Å²) in [5, 5.41) is 3.41. The normalized spacial score (nSPS) is 17.5. The lowest BCUT2D eigenvalue weighted by Crippen LogP contribution is -2.37. The number of carbonyl (C=O) groups excluding carboxylic acids is 1. The molecule has 3 heterocycles. The van der Waals surface area contributed by atoms with Crippen molar-refractivity contribution in [1.29, 1.82) is 0 Å². The summed E-state index contributed by atoms with van der Waals surface area (Å²) in [4.78, 5) is 35.2. The van der Waals surface area contributed by atoms with Crippen LogP contribution in [0.5, 0.6) is 0 Å². The molecule has 29 heavy (non-hydrogen) atoms. The number of carbonyl (C=O) groups is 1. The Morgan fingerprint density at radius 2 is 1.93 bits per heavy atom. The summed E-state index contributed by atoms with van der Waals surface area (Å²) in [6.07, 6.45) is 5.58. The third kappa shape index (κ3) is 5.56. The number of hydrogen-bond acceptors (Lipinski definition) is 6. The van der Waals surface area contributed by atoms with E-state index >= 15 is 0 Å². The number of aromatic nitrogens is 3. The van der Waals surface area contributed by atoms with Gasteiger partial charge in [0.05, 0.1) is 5.69 Å². The van der Waals surface area contributed by atoms with E-state index in [0.717, 1.165) is 24.8 Å². The maximum Gasteiger partial charge on any atom is 0.410 e. The Morgan fingerprint density at radius 3 is 2.62 bits per heavy atom. The van der Waals surface area contributed by atoms with Crippen LogP contribution in [0.15, 0.2) is 35.4 Å². The van der Waals surface area contributed by atoms with Gasteiger partial charge in [-0.05, 0) is 52.2 Å². The first-order chi connectivity index (χ1) is 13.7. The summed E-state index contributed by atoms with van der Waals surface area (Å²) < 4.78 is 7.00. The molecule has 0 bridgehead atoms. The average Bonchev–Trinajstić information content (AvgIpc) is 2.90. The predicted molar refractivity (Wildman–Crippen MR) is 112 cm³/mol. The number of nitrogens with one attached hydrogen (secondary N) is 1. The van der Waals surface area contributed by atoms with E-state index in [2.05, 4.69) is 15.3 Å². The minimum absolute atomic E-state index is 0.119. The van der Waals surface area contributed by atoms with Crippen molar-refractivity contribution in [3.63, 3.8) is 0 Å². The van der Waals surface area contributed by atoms with Gasteiger partial charge in [-0.1, -0.05) is 0 Å². The van der Waals surface area contributed by atoms with E-state index in [0.29, 0.717) is 24.7 Å². The molecule has 2 aromatic rings. The molecule has 0 radical (unpaired) electrons. The molecule has 0 aliphatic carbocycles. The summed E-state index contributed by atoms with van der Waals surface area (Å²) in [7, 11) is 1.71. The molecular weight excluding hydrogens is 370 g/mol. The Morgan fingerprint density at radius 1 is 1.21 bits per heavy atom. The Hall–Kier alpha value is -2.90. The fraction of sp³-hybridized carbons (Fsp3) is 0.524. The molecule has 1 atom stereocenters. The first-order valence-corrected chi connectivity index (χ1v) is 9.96. The third-order valence-electron chi connectivity index (χ3n) is 4.82. The van der Waals surface area contributed by atoms with Crippen LogP contribution < -0.4 is 10.9 Å². The molecule has 0 saturated carbocycles. The van der Waals surface area contributed by atoms with Crippen molar-refractivity contribution in [2.45, 2.75) is 51.7 Å². The first-order valence-electron chi connectivity index (χ1n) is 9.96. The molecule has 1 fully saturated rings. The van der Waals surface area contributed by atoms with Crippen molar-refractivity contribution in [2.24, 2.45) is 7.05 Å². The van der Waals surface area contributed by atoms with Crippen LogP contribution >= 0.6 is 0 Å². The maximum absolute atomic E-state index is 12.4. The molecule has 3 rings (SSSR count). The first kappa shape index (κ1) is 20.8. The molecule has 1 unspecified atom stereocenters. The lowest BCUT2D eigenvalue weighted by atomic mass is 10.1. The van der Waals surface area contributed by atoms with Crippen molar-refractivity contribution in [2.75, 3.05) is 18.4 Å². The van der Waals surface area contributed by atoms with Gasteiger partial charge in [-0.15, -0.1) is 0 Å².